The van der Waals surface area contributed by atoms with Gasteiger partial charge in [0.05, 0.1) is 0 Å². The summed E-state index contributed by atoms with van der Waals surface area (Å²) in [6, 6.07) is -1.14. The largest absolute Gasteiger partial charge is 0.477 e. The lowest BCUT2D eigenvalue weighted by atomic mass is 10.0. The Bertz CT molecular complexity index is 780. The summed E-state index contributed by atoms with van der Waals surface area (Å²) in [5, 5.41) is 23.2. The first-order chi connectivity index (χ1) is 12.4. The van der Waals surface area contributed by atoms with E-state index < -0.39 is 29.3 Å². The highest BCUT2D eigenvalue weighted by atomic mass is 32.2. The number of rotatable bonds is 6. The molecule has 0 radical (unpaired) electrons. The first-order valence-electron chi connectivity index (χ1n) is 7.79. The van der Waals surface area contributed by atoms with Gasteiger partial charge in [0.2, 0.25) is 0 Å². The van der Waals surface area contributed by atoms with E-state index in [1.807, 2.05) is 6.92 Å². The Hall–Kier alpha value is -1.79. The number of carbonyl (C=O) groups excluding carboxylic acids is 2. The molecule has 3 rings (SSSR count). The predicted molar refractivity (Wildman–Crippen MR) is 99.1 cm³/mol. The molecule has 1 aromatic heterocycles. The van der Waals surface area contributed by atoms with Crippen LogP contribution in [-0.4, -0.2) is 67.6 Å². The van der Waals surface area contributed by atoms with Crippen LogP contribution < -0.4 is 10.6 Å². The summed E-state index contributed by atoms with van der Waals surface area (Å²) in [5.74, 6) is -0.632. The zero-order valence-electron chi connectivity index (χ0n) is 14.0. The van der Waals surface area contributed by atoms with Gasteiger partial charge < -0.3 is 15.7 Å². The molecule has 0 saturated carbocycles. The molecule has 3 heterocycles. The first-order valence-corrected chi connectivity index (χ1v) is 10.6. The van der Waals surface area contributed by atoms with Gasteiger partial charge in [-0.1, -0.05) is 23.1 Å². The molecule has 0 spiro atoms. The molecule has 3 amide bonds. The van der Waals surface area contributed by atoms with Crippen LogP contribution in [0.3, 0.4) is 0 Å². The topological polar surface area (TPSA) is 125 Å². The minimum atomic E-state index is -1.14. The molecule has 26 heavy (non-hydrogen) atoms. The van der Waals surface area contributed by atoms with Gasteiger partial charge in [0, 0.05) is 18.1 Å². The van der Waals surface area contributed by atoms with Crippen molar-refractivity contribution in [2.24, 2.45) is 0 Å². The number of nitrogens with one attached hydrogen (secondary N) is 2. The molecule has 2 aliphatic heterocycles. The summed E-state index contributed by atoms with van der Waals surface area (Å²) in [4.78, 5) is 37.1. The molecule has 9 nitrogen and oxygen atoms in total. The lowest BCUT2D eigenvalue weighted by Gasteiger charge is -2.49. The summed E-state index contributed by atoms with van der Waals surface area (Å²) < 4.78 is 0.762. The zero-order valence-corrected chi connectivity index (χ0v) is 16.5. The lowest BCUT2D eigenvalue weighted by molar-refractivity contribution is -0.148. The highest BCUT2D eigenvalue weighted by Crippen LogP contribution is 2.41. The smallest absolute Gasteiger partial charge is 0.352 e. The van der Waals surface area contributed by atoms with Crippen LogP contribution in [0.4, 0.5) is 4.79 Å². The van der Waals surface area contributed by atoms with E-state index >= 15 is 0 Å². The second-order valence-electron chi connectivity index (χ2n) is 5.52. The number of carboxylic acid groups (broad SMARTS) is 1. The highest BCUT2D eigenvalue weighted by Gasteiger charge is 2.54. The van der Waals surface area contributed by atoms with E-state index in [9.17, 15) is 19.5 Å². The molecule has 140 valence electrons. The van der Waals surface area contributed by atoms with E-state index in [1.54, 1.807) is 6.92 Å². The third kappa shape index (κ3) is 3.67. The monoisotopic (exact) mass is 415 g/mol. The second-order valence-corrected chi connectivity index (χ2v) is 9.03. The summed E-state index contributed by atoms with van der Waals surface area (Å²) in [6.07, 6.45) is 0. The summed E-state index contributed by atoms with van der Waals surface area (Å²) in [6.45, 7) is 4.07. The van der Waals surface area contributed by atoms with E-state index in [4.69, 9.17) is 0 Å². The third-order valence-corrected chi connectivity index (χ3v) is 7.15. The molecule has 1 saturated heterocycles. The Labute approximate surface area is 162 Å². The number of urea groups is 1. The number of nitrogens with zero attached hydrogens (tertiary/aromatic N) is 3. The number of aromatic nitrogens is 2. The number of aliphatic carboxylic acids is 1. The standard InChI is InChI=1S/C14H17N5O4S3/c1-3-15-13(23)16-8-10(20)19-9(12(21)22)7(4-24-11(8)19)5-25-14-18-17-6(2)26-14/h8,11H,3-5H2,1-2H3,(H,21,22)(H2,15,16,23)/t8?,11-/m1/s1. The van der Waals surface area contributed by atoms with E-state index in [2.05, 4.69) is 20.8 Å². The number of aryl methyl sites for hydroxylation is 1. The fourth-order valence-corrected chi connectivity index (χ4v) is 5.93. The fourth-order valence-electron chi connectivity index (χ4n) is 2.63. The van der Waals surface area contributed by atoms with E-state index in [0.29, 0.717) is 23.6 Å². The minimum Gasteiger partial charge on any atom is -0.477 e. The molecule has 1 aromatic rings. The van der Waals surface area contributed by atoms with Crippen molar-refractivity contribution in [3.63, 3.8) is 0 Å². The van der Waals surface area contributed by atoms with Gasteiger partial charge in [-0.25, -0.2) is 9.59 Å². The van der Waals surface area contributed by atoms with Gasteiger partial charge in [0.1, 0.15) is 22.1 Å². The van der Waals surface area contributed by atoms with Crippen LogP contribution in [0.1, 0.15) is 11.9 Å². The van der Waals surface area contributed by atoms with Crippen molar-refractivity contribution in [1.82, 2.24) is 25.7 Å². The molecule has 12 heteroatoms. The Balaban J connectivity index is 1.73. The van der Waals surface area contributed by atoms with E-state index in [0.717, 1.165) is 9.35 Å². The third-order valence-electron chi connectivity index (χ3n) is 3.75. The number of fused-ring (bicyclic) bond motifs is 1. The van der Waals surface area contributed by atoms with Crippen molar-refractivity contribution in [1.29, 1.82) is 0 Å². The van der Waals surface area contributed by atoms with Crippen LogP contribution in [0.25, 0.3) is 0 Å². The van der Waals surface area contributed by atoms with Crippen LogP contribution in [0.15, 0.2) is 15.6 Å². The van der Waals surface area contributed by atoms with Crippen LogP contribution in [-0.2, 0) is 9.59 Å². The van der Waals surface area contributed by atoms with Crippen molar-refractivity contribution in [2.75, 3.05) is 18.1 Å². The van der Waals surface area contributed by atoms with Gasteiger partial charge in [-0.2, -0.15) is 0 Å². The van der Waals surface area contributed by atoms with Crippen LogP contribution in [0.5, 0.6) is 0 Å². The van der Waals surface area contributed by atoms with Crippen LogP contribution >= 0.6 is 34.9 Å². The van der Waals surface area contributed by atoms with Gasteiger partial charge in [-0.3, -0.25) is 9.69 Å². The molecule has 2 aliphatic rings. The molecular weight excluding hydrogens is 398 g/mol. The van der Waals surface area contributed by atoms with Crippen LogP contribution in [0, 0.1) is 6.92 Å². The Morgan fingerprint density at radius 3 is 2.81 bits per heavy atom. The number of β-lactam (4-membered cyclic amide) rings is 1. The minimum absolute atomic E-state index is 0.0152. The average Bonchev–Trinajstić information content (AvgIpc) is 3.02. The average molecular weight is 416 g/mol. The molecule has 1 fully saturated rings. The van der Waals surface area contributed by atoms with Gasteiger partial charge in [-0.15, -0.1) is 22.0 Å². The summed E-state index contributed by atoms with van der Waals surface area (Å²) in [7, 11) is 0. The molecule has 2 atom stereocenters. The van der Waals surface area contributed by atoms with Crippen molar-refractivity contribution < 1.29 is 19.5 Å². The molecular formula is C14H17N5O4S3. The van der Waals surface area contributed by atoms with Gasteiger partial charge >= 0.3 is 12.0 Å². The predicted octanol–water partition coefficient (Wildman–Crippen LogP) is 0.880. The number of thioether (sulfide) groups is 2. The maximum atomic E-state index is 12.4. The van der Waals surface area contributed by atoms with E-state index in [-0.39, 0.29) is 5.70 Å². The summed E-state index contributed by atoms with van der Waals surface area (Å²) >= 11 is 4.30. The van der Waals surface area contributed by atoms with Crippen molar-refractivity contribution >= 4 is 52.8 Å². The maximum absolute atomic E-state index is 12.4. The number of amides is 3. The van der Waals surface area contributed by atoms with Gasteiger partial charge in [0.15, 0.2) is 4.34 Å². The van der Waals surface area contributed by atoms with Crippen molar-refractivity contribution in [2.45, 2.75) is 29.6 Å². The molecule has 1 unspecified atom stereocenters. The SMILES string of the molecule is CCNC(=O)NC1C(=O)N2C(C(=O)O)=C(CSc3nnc(C)s3)CS[C@H]12. The van der Waals surface area contributed by atoms with Crippen molar-refractivity contribution in [3.05, 3.63) is 16.3 Å². The second kappa shape index (κ2) is 7.84. The molecule has 3 N–H and O–H groups in total. The number of hydrogen-bond donors (Lipinski definition) is 3. The van der Waals surface area contributed by atoms with Gasteiger partial charge in [-0.05, 0) is 19.4 Å². The first kappa shape index (κ1) is 19.0. The molecule has 0 aliphatic carbocycles. The highest BCUT2D eigenvalue weighted by molar-refractivity contribution is 8.01. The number of hydrogen-bond acceptors (Lipinski definition) is 8. The number of carbonyl (C=O) groups is 3. The van der Waals surface area contributed by atoms with Crippen LogP contribution in [0.2, 0.25) is 0 Å². The maximum Gasteiger partial charge on any atom is 0.352 e. The quantitative estimate of drug-likeness (QED) is 0.462. The van der Waals surface area contributed by atoms with E-state index in [1.165, 1.54) is 39.8 Å². The fraction of sp³-hybridized carbons (Fsp3) is 0.500. The Morgan fingerprint density at radius 2 is 2.19 bits per heavy atom. The molecule has 0 bridgehead atoms. The number of carboxylic acids is 1. The van der Waals surface area contributed by atoms with Gasteiger partial charge in [0.25, 0.3) is 5.91 Å². The zero-order chi connectivity index (χ0) is 18.8. The molecule has 0 aromatic carbocycles. The normalized spacial score (nSPS) is 21.9. The summed E-state index contributed by atoms with van der Waals surface area (Å²) in [5.41, 5.74) is 0.683. The van der Waals surface area contributed by atoms with Crippen molar-refractivity contribution in [3.8, 4) is 0 Å². The Morgan fingerprint density at radius 1 is 1.42 bits per heavy atom. The lowest BCUT2D eigenvalue weighted by Crippen LogP contribution is -2.71. The Kier molecular flexibility index (Phi) is 5.73.